The van der Waals surface area contributed by atoms with Gasteiger partial charge in [-0.2, -0.15) is 0 Å². The second kappa shape index (κ2) is 11.9. The van der Waals surface area contributed by atoms with Gasteiger partial charge in [-0.25, -0.2) is 0 Å². The van der Waals surface area contributed by atoms with Crippen LogP contribution in [0.4, 0.5) is 0 Å². The maximum absolute atomic E-state index is 14.1. The van der Waals surface area contributed by atoms with Crippen LogP contribution in [0.3, 0.4) is 0 Å². The van der Waals surface area contributed by atoms with E-state index in [-0.39, 0.29) is 36.0 Å². The molecule has 1 amide bonds. The fourth-order valence-corrected chi connectivity index (χ4v) is 9.20. The summed E-state index contributed by atoms with van der Waals surface area (Å²) in [5.74, 6) is 6.83. The van der Waals surface area contributed by atoms with E-state index in [1.807, 2.05) is 36.1 Å². The van der Waals surface area contributed by atoms with Crippen LogP contribution in [0.5, 0.6) is 5.75 Å². The monoisotopic (exact) mass is 616 g/mol. The molecule has 3 aromatic rings. The zero-order valence-corrected chi connectivity index (χ0v) is 27.4. The molecule has 7 rings (SSSR count). The Morgan fingerprint density at radius 1 is 1.07 bits per heavy atom. The molecule has 46 heavy (non-hydrogen) atoms. The van der Waals surface area contributed by atoms with Gasteiger partial charge in [-0.3, -0.25) is 14.5 Å². The highest BCUT2D eigenvalue weighted by molar-refractivity contribution is 5.94. The molecular formula is C40H44N2O4. The van der Waals surface area contributed by atoms with E-state index < -0.39 is 11.0 Å². The highest BCUT2D eigenvalue weighted by atomic mass is 16.6. The van der Waals surface area contributed by atoms with Crippen LogP contribution in [0.15, 0.2) is 72.8 Å². The minimum absolute atomic E-state index is 0.0251. The first-order chi connectivity index (χ1) is 22.2. The van der Waals surface area contributed by atoms with Gasteiger partial charge in [-0.1, -0.05) is 74.4 Å². The lowest BCUT2D eigenvalue weighted by molar-refractivity contribution is -0.224. The fraction of sp³-hybridized carbons (Fsp3) is 0.450. The van der Waals surface area contributed by atoms with Gasteiger partial charge in [0.15, 0.2) is 0 Å². The van der Waals surface area contributed by atoms with Crippen molar-refractivity contribution >= 4 is 11.9 Å². The van der Waals surface area contributed by atoms with Crippen LogP contribution < -0.4 is 4.74 Å². The third kappa shape index (κ3) is 5.00. The quantitative estimate of drug-likeness (QED) is 0.246. The van der Waals surface area contributed by atoms with Crippen molar-refractivity contribution in [2.24, 2.45) is 5.92 Å². The number of aryl methyl sites for hydroxylation is 1. The minimum Gasteiger partial charge on any atom is -0.487 e. The topological polar surface area (TPSA) is 59.1 Å². The molecule has 5 atom stereocenters. The molecule has 0 aromatic heterocycles. The fourth-order valence-electron chi connectivity index (χ4n) is 9.20. The summed E-state index contributed by atoms with van der Waals surface area (Å²) in [5.41, 5.74) is 4.45. The molecule has 1 saturated heterocycles. The molecule has 2 aliphatic carbocycles. The molecule has 6 nitrogen and oxygen atoms in total. The second-order valence-electron chi connectivity index (χ2n) is 14.1. The van der Waals surface area contributed by atoms with E-state index in [1.54, 1.807) is 6.92 Å². The zero-order valence-electron chi connectivity index (χ0n) is 27.4. The number of likely N-dealkylation sites (tertiary alicyclic amines) is 1. The summed E-state index contributed by atoms with van der Waals surface area (Å²) in [7, 11) is 0. The Morgan fingerprint density at radius 2 is 1.87 bits per heavy atom. The van der Waals surface area contributed by atoms with Crippen molar-refractivity contribution in [3.8, 4) is 17.6 Å². The van der Waals surface area contributed by atoms with E-state index >= 15 is 0 Å². The summed E-state index contributed by atoms with van der Waals surface area (Å²) in [4.78, 5) is 31.7. The van der Waals surface area contributed by atoms with Gasteiger partial charge in [-0.05, 0) is 86.4 Å². The summed E-state index contributed by atoms with van der Waals surface area (Å²) in [6, 6.07) is 24.8. The van der Waals surface area contributed by atoms with Crippen molar-refractivity contribution < 1.29 is 19.1 Å². The van der Waals surface area contributed by atoms with Crippen LogP contribution in [-0.4, -0.2) is 65.1 Å². The van der Waals surface area contributed by atoms with Crippen molar-refractivity contribution in [1.29, 1.82) is 0 Å². The van der Waals surface area contributed by atoms with Gasteiger partial charge in [0.1, 0.15) is 17.5 Å². The number of ether oxygens (including phenoxy) is 2. The summed E-state index contributed by atoms with van der Waals surface area (Å²) in [6.45, 7) is 10.2. The molecule has 2 heterocycles. The largest absolute Gasteiger partial charge is 0.487 e. The minimum atomic E-state index is -0.742. The SMILES string of the molecule is CC(=O)O[C@@]12CC[C@H](N(CC(C)C)C(=O)C#Cc3cccc(C)c3)[C@@H]3Oc4cccc5c4[C@@]31CCN(CCc1ccccc1)[C@@H]2C5. The third-order valence-electron chi connectivity index (χ3n) is 10.8. The normalized spacial score (nSPS) is 27.2. The summed E-state index contributed by atoms with van der Waals surface area (Å²) < 4.78 is 13.7. The molecular weight excluding hydrogens is 572 g/mol. The van der Waals surface area contributed by atoms with Gasteiger partial charge in [-0.15, -0.1) is 0 Å². The molecule has 1 spiro atoms. The van der Waals surface area contributed by atoms with Crippen molar-refractivity contribution in [3.05, 3.63) is 101 Å². The van der Waals surface area contributed by atoms with Gasteiger partial charge in [0.05, 0.1) is 17.5 Å². The van der Waals surface area contributed by atoms with Crippen LogP contribution in [0.1, 0.15) is 67.9 Å². The molecule has 1 saturated carbocycles. The zero-order chi connectivity index (χ0) is 32.1. The Labute approximate surface area is 273 Å². The number of carbonyl (C=O) groups excluding carboxylic acids is 2. The number of rotatable bonds is 7. The van der Waals surface area contributed by atoms with E-state index in [0.29, 0.717) is 19.4 Å². The first kappa shape index (κ1) is 30.6. The highest BCUT2D eigenvalue weighted by Gasteiger charge is 2.75. The first-order valence-electron chi connectivity index (χ1n) is 16.9. The number of piperidine rings is 1. The molecule has 3 aromatic carbocycles. The van der Waals surface area contributed by atoms with Crippen molar-refractivity contribution in [3.63, 3.8) is 0 Å². The number of amides is 1. The number of hydrogen-bond donors (Lipinski definition) is 0. The van der Waals surface area contributed by atoms with Crippen LogP contribution in [-0.2, 0) is 32.6 Å². The number of hydrogen-bond acceptors (Lipinski definition) is 5. The molecule has 2 aliphatic heterocycles. The van der Waals surface area contributed by atoms with Crippen LogP contribution in [0.2, 0.25) is 0 Å². The smallest absolute Gasteiger partial charge is 0.303 e. The number of benzene rings is 3. The molecule has 0 N–H and O–H groups in total. The van der Waals surface area contributed by atoms with E-state index in [2.05, 4.69) is 79.1 Å². The molecule has 6 heteroatoms. The van der Waals surface area contributed by atoms with E-state index in [1.165, 1.54) is 16.7 Å². The number of nitrogens with zero attached hydrogens (tertiary/aromatic N) is 2. The molecule has 0 radical (unpaired) electrons. The lowest BCUT2D eigenvalue weighted by atomic mass is 9.48. The van der Waals surface area contributed by atoms with E-state index in [4.69, 9.17) is 9.47 Å². The van der Waals surface area contributed by atoms with Gasteiger partial charge in [0.2, 0.25) is 0 Å². The molecule has 4 aliphatic rings. The van der Waals surface area contributed by atoms with Gasteiger partial charge in [0.25, 0.3) is 5.91 Å². The van der Waals surface area contributed by atoms with Crippen molar-refractivity contribution in [2.75, 3.05) is 19.6 Å². The van der Waals surface area contributed by atoms with E-state index in [9.17, 15) is 9.59 Å². The molecule has 238 valence electrons. The first-order valence-corrected chi connectivity index (χ1v) is 16.9. The number of esters is 1. The van der Waals surface area contributed by atoms with Crippen LogP contribution in [0, 0.1) is 24.7 Å². The van der Waals surface area contributed by atoms with Gasteiger partial charge < -0.3 is 14.4 Å². The Kier molecular flexibility index (Phi) is 7.93. The maximum atomic E-state index is 14.1. The predicted molar refractivity (Wildman–Crippen MR) is 178 cm³/mol. The Hall–Kier alpha value is -4.08. The summed E-state index contributed by atoms with van der Waals surface area (Å²) >= 11 is 0. The average molecular weight is 617 g/mol. The lowest BCUT2D eigenvalue weighted by Crippen LogP contribution is -2.79. The van der Waals surface area contributed by atoms with E-state index in [0.717, 1.165) is 49.2 Å². The van der Waals surface area contributed by atoms with Gasteiger partial charge >= 0.3 is 5.97 Å². The maximum Gasteiger partial charge on any atom is 0.303 e. The highest BCUT2D eigenvalue weighted by Crippen LogP contribution is 2.65. The molecule has 2 bridgehead atoms. The van der Waals surface area contributed by atoms with Crippen LogP contribution in [0.25, 0.3) is 0 Å². The summed E-state index contributed by atoms with van der Waals surface area (Å²) in [5, 5.41) is 0. The molecule has 0 unspecified atom stereocenters. The summed E-state index contributed by atoms with van der Waals surface area (Å²) in [6.07, 6.45) is 3.56. The third-order valence-corrected chi connectivity index (χ3v) is 10.8. The Balaban J connectivity index is 1.29. The predicted octanol–water partition coefficient (Wildman–Crippen LogP) is 5.87. The van der Waals surface area contributed by atoms with Crippen LogP contribution >= 0.6 is 0 Å². The lowest BCUT2D eigenvalue weighted by Gasteiger charge is -2.65. The van der Waals surface area contributed by atoms with Gasteiger partial charge in [0, 0.05) is 37.1 Å². The average Bonchev–Trinajstić information content (AvgIpc) is 3.37. The molecule has 2 fully saturated rings. The Bertz CT molecular complexity index is 1710. The second-order valence-corrected chi connectivity index (χ2v) is 14.1. The van der Waals surface area contributed by atoms with Crippen molar-refractivity contribution in [1.82, 2.24) is 9.80 Å². The Morgan fingerprint density at radius 3 is 2.63 bits per heavy atom. The van der Waals surface area contributed by atoms with Crippen molar-refractivity contribution in [2.45, 2.75) is 89.0 Å². The standard InChI is InChI=1S/C40H44N2O4/c1-27(2)26-42(36(44)17-16-31-13-8-10-28(3)24-31)33-18-20-40(46-29(4)43)35-25-32-14-9-15-34-37(32)39(40,38(33)45-34)21-23-41(35)22-19-30-11-6-5-7-12-30/h5-15,24,27,33,35,38H,18-23,25-26H2,1-4H3/t33-,35+,38-,39-,40+/m0/s1. The number of carbonyl (C=O) groups is 2.